The first-order chi connectivity index (χ1) is 16.1. The Labute approximate surface area is 197 Å². The molecule has 5 nitrogen and oxygen atoms in total. The van der Waals surface area contributed by atoms with Crippen LogP contribution in [0.3, 0.4) is 0 Å². The average Bonchev–Trinajstić information content (AvgIpc) is 3.46. The minimum atomic E-state index is -0.282. The Morgan fingerprint density at radius 1 is 1.03 bits per heavy atom. The second-order valence-corrected chi connectivity index (χ2v) is 9.94. The molecule has 1 heterocycles. The summed E-state index contributed by atoms with van der Waals surface area (Å²) >= 11 is 6.24. The van der Waals surface area contributed by atoms with Crippen LogP contribution in [-0.4, -0.2) is 4.92 Å². The van der Waals surface area contributed by atoms with E-state index in [-0.39, 0.29) is 16.7 Å². The molecule has 3 aromatic rings. The monoisotopic (exact) mass is 460 g/mol. The average molecular weight is 461 g/mol. The highest BCUT2D eigenvalue weighted by atomic mass is 35.5. The van der Waals surface area contributed by atoms with Gasteiger partial charge in [0.25, 0.3) is 5.69 Å². The molecule has 6 heteroatoms. The molecule has 168 valence electrons. The van der Waals surface area contributed by atoms with Gasteiger partial charge < -0.3 is 10.1 Å². The molecule has 33 heavy (non-hydrogen) atoms. The normalized spacial score (nSPS) is 26.9. The summed E-state index contributed by atoms with van der Waals surface area (Å²) in [6.07, 6.45) is 3.72. The maximum atomic E-state index is 11.4. The molecule has 0 amide bonds. The van der Waals surface area contributed by atoms with E-state index in [1.807, 2.05) is 48.5 Å². The molecule has 0 aromatic heterocycles. The van der Waals surface area contributed by atoms with Crippen molar-refractivity contribution in [3.63, 3.8) is 0 Å². The number of rotatable bonds is 5. The molecule has 0 unspecified atom stereocenters. The number of halogens is 1. The zero-order valence-corrected chi connectivity index (χ0v) is 18.9. The fraction of sp³-hybridized carbons (Fsp3) is 0.333. The number of nitro benzene ring substituents is 1. The summed E-state index contributed by atoms with van der Waals surface area (Å²) in [7, 11) is 0. The van der Waals surface area contributed by atoms with Gasteiger partial charge in [0.1, 0.15) is 12.4 Å². The lowest BCUT2D eigenvalue weighted by molar-refractivity contribution is -0.384. The van der Waals surface area contributed by atoms with Crippen molar-refractivity contribution in [3.8, 4) is 5.75 Å². The lowest BCUT2D eigenvalue weighted by Gasteiger charge is -2.43. The lowest BCUT2D eigenvalue weighted by Crippen LogP contribution is -2.35. The molecule has 3 aromatic carbocycles. The number of benzene rings is 3. The van der Waals surface area contributed by atoms with E-state index in [4.69, 9.17) is 16.3 Å². The maximum Gasteiger partial charge on any atom is 0.269 e. The highest BCUT2D eigenvalue weighted by molar-refractivity contribution is 6.31. The fourth-order valence-electron chi connectivity index (χ4n) is 6.46. The van der Waals surface area contributed by atoms with Gasteiger partial charge >= 0.3 is 0 Å². The summed E-state index contributed by atoms with van der Waals surface area (Å²) in [5.74, 6) is 2.97. The van der Waals surface area contributed by atoms with Crippen LogP contribution < -0.4 is 10.1 Å². The highest BCUT2D eigenvalue weighted by Crippen LogP contribution is 2.63. The van der Waals surface area contributed by atoms with Gasteiger partial charge in [0.15, 0.2) is 0 Å². The van der Waals surface area contributed by atoms with Crippen molar-refractivity contribution >= 4 is 23.0 Å². The number of nitrogens with zero attached hydrogens (tertiary/aromatic N) is 1. The standard InChI is InChI=1S/C27H25ClN2O3/c28-23-4-2-1-3-19(23)15-33-21-10-7-16(8-11-21)27-26-18-6-5-17(13-18)25(26)22-14-20(30(31)32)9-12-24(22)29-27/h1-4,7-12,14,17-18,25-27,29H,5-6,13,15H2/t17-,18+,25+,26+,27-/m1/s1. The summed E-state index contributed by atoms with van der Waals surface area (Å²) < 4.78 is 5.97. The molecule has 1 N–H and O–H groups in total. The van der Waals surface area contributed by atoms with Gasteiger partial charge in [-0.2, -0.15) is 0 Å². The van der Waals surface area contributed by atoms with Crippen LogP contribution in [0.15, 0.2) is 66.7 Å². The SMILES string of the molecule is O=[N+]([O-])c1ccc2c(c1)[C@@H]1[C@@H]3CC[C@@H](C3)[C@@H]1[C@@H](c1ccc(OCc3ccccc3Cl)cc1)N2. The molecule has 3 aliphatic rings. The van der Waals surface area contributed by atoms with Crippen LogP contribution >= 0.6 is 11.6 Å². The molecule has 2 saturated carbocycles. The number of hydrogen-bond donors (Lipinski definition) is 1. The Morgan fingerprint density at radius 3 is 2.61 bits per heavy atom. The topological polar surface area (TPSA) is 64.4 Å². The Bertz CT molecular complexity index is 1210. The molecule has 0 spiro atoms. The van der Waals surface area contributed by atoms with Gasteiger partial charge in [0.05, 0.1) is 11.0 Å². The van der Waals surface area contributed by atoms with Gasteiger partial charge in [-0.15, -0.1) is 0 Å². The van der Waals surface area contributed by atoms with Crippen LogP contribution in [0.1, 0.15) is 47.9 Å². The van der Waals surface area contributed by atoms with Gasteiger partial charge in [-0.1, -0.05) is 41.9 Å². The lowest BCUT2D eigenvalue weighted by atomic mass is 9.68. The van der Waals surface area contributed by atoms with Gasteiger partial charge in [-0.25, -0.2) is 0 Å². The molecule has 5 atom stereocenters. The predicted molar refractivity (Wildman–Crippen MR) is 129 cm³/mol. The molecule has 2 fully saturated rings. The Kier molecular flexibility index (Phi) is 5.02. The smallest absolute Gasteiger partial charge is 0.269 e. The van der Waals surface area contributed by atoms with E-state index in [0.29, 0.717) is 35.3 Å². The molecular formula is C27H25ClN2O3. The number of nitro groups is 1. The second kappa shape index (κ2) is 8.07. The van der Waals surface area contributed by atoms with Crippen LogP contribution in [-0.2, 0) is 6.61 Å². The predicted octanol–water partition coefficient (Wildman–Crippen LogP) is 7.12. The Morgan fingerprint density at radius 2 is 1.82 bits per heavy atom. The van der Waals surface area contributed by atoms with Gasteiger partial charge in [0.2, 0.25) is 0 Å². The van der Waals surface area contributed by atoms with Crippen molar-refractivity contribution in [2.75, 3.05) is 5.32 Å². The number of nitrogens with one attached hydrogen (secondary N) is 1. The Hall–Kier alpha value is -3.05. The van der Waals surface area contributed by atoms with Crippen molar-refractivity contribution in [1.82, 2.24) is 0 Å². The van der Waals surface area contributed by atoms with Crippen molar-refractivity contribution < 1.29 is 9.66 Å². The second-order valence-electron chi connectivity index (χ2n) is 9.54. The minimum Gasteiger partial charge on any atom is -0.489 e. The Balaban J connectivity index is 1.27. The van der Waals surface area contributed by atoms with Gasteiger partial charge in [-0.05, 0) is 78.3 Å². The van der Waals surface area contributed by atoms with Gasteiger partial charge in [0, 0.05) is 28.4 Å². The molecule has 1 aliphatic heterocycles. The maximum absolute atomic E-state index is 11.4. The van der Waals surface area contributed by atoms with E-state index in [9.17, 15) is 10.1 Å². The van der Waals surface area contributed by atoms with E-state index < -0.39 is 0 Å². The van der Waals surface area contributed by atoms with Crippen LogP contribution in [0.5, 0.6) is 5.75 Å². The van der Waals surface area contributed by atoms with Crippen LogP contribution in [0.4, 0.5) is 11.4 Å². The van der Waals surface area contributed by atoms with Crippen molar-refractivity contribution in [2.24, 2.45) is 17.8 Å². The summed E-state index contributed by atoms with van der Waals surface area (Å²) in [4.78, 5) is 11.1. The summed E-state index contributed by atoms with van der Waals surface area (Å²) in [6, 6.07) is 21.6. The van der Waals surface area contributed by atoms with Crippen LogP contribution in [0.25, 0.3) is 0 Å². The van der Waals surface area contributed by atoms with E-state index in [0.717, 1.165) is 22.6 Å². The van der Waals surface area contributed by atoms with E-state index in [1.165, 1.54) is 24.8 Å². The zero-order valence-electron chi connectivity index (χ0n) is 18.1. The number of fused-ring (bicyclic) bond motifs is 7. The third kappa shape index (κ3) is 3.55. The van der Waals surface area contributed by atoms with E-state index in [2.05, 4.69) is 17.4 Å². The highest BCUT2D eigenvalue weighted by Gasteiger charge is 2.54. The van der Waals surface area contributed by atoms with Gasteiger partial charge in [-0.3, -0.25) is 10.1 Å². The molecular weight excluding hydrogens is 436 g/mol. The molecule has 0 saturated heterocycles. The molecule has 6 rings (SSSR count). The minimum absolute atomic E-state index is 0.190. The quantitative estimate of drug-likeness (QED) is 0.325. The first-order valence-corrected chi connectivity index (χ1v) is 12.0. The third-order valence-electron chi connectivity index (χ3n) is 7.87. The largest absolute Gasteiger partial charge is 0.489 e. The molecule has 0 radical (unpaired) electrons. The summed E-state index contributed by atoms with van der Waals surface area (Å²) in [5, 5.41) is 15.8. The van der Waals surface area contributed by atoms with Crippen molar-refractivity contribution in [1.29, 1.82) is 0 Å². The number of hydrogen-bond acceptors (Lipinski definition) is 4. The number of non-ortho nitro benzene ring substituents is 1. The molecule has 2 aliphatic carbocycles. The fourth-order valence-corrected chi connectivity index (χ4v) is 6.66. The zero-order chi connectivity index (χ0) is 22.5. The summed E-state index contributed by atoms with van der Waals surface area (Å²) in [5.41, 5.74) is 4.57. The van der Waals surface area contributed by atoms with E-state index >= 15 is 0 Å². The van der Waals surface area contributed by atoms with Crippen molar-refractivity contribution in [2.45, 2.75) is 37.8 Å². The first kappa shape index (κ1) is 20.5. The van der Waals surface area contributed by atoms with Crippen molar-refractivity contribution in [3.05, 3.63) is 98.6 Å². The van der Waals surface area contributed by atoms with Crippen LogP contribution in [0.2, 0.25) is 5.02 Å². The number of anilines is 1. The first-order valence-electron chi connectivity index (χ1n) is 11.6. The summed E-state index contributed by atoms with van der Waals surface area (Å²) in [6.45, 7) is 0.432. The third-order valence-corrected chi connectivity index (χ3v) is 8.24. The van der Waals surface area contributed by atoms with Crippen LogP contribution in [0, 0.1) is 27.9 Å². The van der Waals surface area contributed by atoms with E-state index in [1.54, 1.807) is 6.07 Å². The number of ether oxygens (including phenoxy) is 1. The molecule has 2 bridgehead atoms.